The Morgan fingerprint density at radius 1 is 1.40 bits per heavy atom. The average Bonchev–Trinajstić information content (AvgIpc) is 2.16. The van der Waals surface area contributed by atoms with Crippen LogP contribution in [0.3, 0.4) is 0 Å². The van der Waals surface area contributed by atoms with Gasteiger partial charge in [-0.05, 0) is 18.6 Å². The fourth-order valence-corrected chi connectivity index (χ4v) is 1.26. The summed E-state index contributed by atoms with van der Waals surface area (Å²) in [5.41, 5.74) is 7.04. The molecule has 0 heterocycles. The second-order valence-corrected chi connectivity index (χ2v) is 2.88. The van der Waals surface area contributed by atoms with Crippen LogP contribution in [-0.2, 0) is 4.74 Å². The lowest BCUT2D eigenvalue weighted by Crippen LogP contribution is -2.15. The van der Waals surface area contributed by atoms with Gasteiger partial charge in [-0.1, -0.05) is 12.1 Å². The molecule has 0 bridgehead atoms. The summed E-state index contributed by atoms with van der Waals surface area (Å²) in [6.07, 6.45) is 0. The molecule has 0 amide bonds. The Balaban J connectivity index is 0.00000196. The zero-order valence-electron chi connectivity index (χ0n) is 8.53. The van der Waals surface area contributed by atoms with Gasteiger partial charge in [-0.25, -0.2) is 4.79 Å². The molecule has 15 heavy (non-hydrogen) atoms. The van der Waals surface area contributed by atoms with Crippen molar-refractivity contribution in [3.63, 3.8) is 0 Å². The van der Waals surface area contributed by atoms with E-state index >= 15 is 0 Å². The molecule has 0 atom stereocenters. The van der Waals surface area contributed by atoms with E-state index < -0.39 is 5.97 Å². The second kappa shape index (κ2) is 5.36. The van der Waals surface area contributed by atoms with Crippen molar-refractivity contribution in [2.45, 2.75) is 6.92 Å². The number of nitrogens with one attached hydrogen (secondary N) is 1. The molecule has 4 nitrogen and oxygen atoms in total. The molecule has 82 valence electrons. The Kier molecular flexibility index (Phi) is 4.81. The molecule has 1 rings (SSSR count). The Morgan fingerprint density at radius 3 is 2.40 bits per heavy atom. The van der Waals surface area contributed by atoms with Crippen molar-refractivity contribution in [2.75, 3.05) is 7.11 Å². The summed E-state index contributed by atoms with van der Waals surface area (Å²) in [5, 5.41) is 7.30. The van der Waals surface area contributed by atoms with Crippen LogP contribution in [0.2, 0.25) is 0 Å². The number of methoxy groups -OCH3 is 1. The number of ether oxygens (including phenoxy) is 1. The van der Waals surface area contributed by atoms with Crippen LogP contribution in [0.15, 0.2) is 18.2 Å². The summed E-state index contributed by atoms with van der Waals surface area (Å²) >= 11 is 0. The van der Waals surface area contributed by atoms with Crippen LogP contribution in [0, 0.1) is 12.3 Å². The summed E-state index contributed by atoms with van der Waals surface area (Å²) in [6, 6.07) is 5.02. The lowest BCUT2D eigenvalue weighted by Gasteiger charge is -2.07. The highest BCUT2D eigenvalue weighted by Crippen LogP contribution is 2.13. The number of hydrogen-bond acceptors (Lipinski definition) is 3. The van der Waals surface area contributed by atoms with Crippen molar-refractivity contribution in [3.8, 4) is 0 Å². The fraction of sp³-hybridized carbons (Fsp3) is 0.200. The van der Waals surface area contributed by atoms with Crippen LogP contribution >= 0.6 is 12.4 Å². The highest BCUT2D eigenvalue weighted by Gasteiger charge is 2.12. The molecule has 0 aliphatic rings. The number of amidine groups is 1. The number of benzene rings is 1. The molecule has 0 aliphatic heterocycles. The Bertz CT molecular complexity index is 391. The third kappa shape index (κ3) is 2.70. The van der Waals surface area contributed by atoms with Gasteiger partial charge in [0.05, 0.1) is 12.7 Å². The highest BCUT2D eigenvalue weighted by molar-refractivity contribution is 6.00. The van der Waals surface area contributed by atoms with Gasteiger partial charge < -0.3 is 10.5 Å². The molecule has 0 fully saturated rings. The first-order chi connectivity index (χ1) is 6.57. The third-order valence-electron chi connectivity index (χ3n) is 2.03. The number of nitrogens with two attached hydrogens (primary N) is 1. The van der Waals surface area contributed by atoms with Gasteiger partial charge in [-0.2, -0.15) is 0 Å². The average molecular weight is 229 g/mol. The molecule has 3 N–H and O–H groups in total. The minimum absolute atomic E-state index is 0. The number of rotatable bonds is 2. The predicted octanol–water partition coefficient (Wildman–Crippen LogP) is 1.49. The molecule has 0 aromatic heterocycles. The van der Waals surface area contributed by atoms with Crippen molar-refractivity contribution in [1.82, 2.24) is 0 Å². The fourth-order valence-electron chi connectivity index (χ4n) is 1.26. The standard InChI is InChI=1S/C10H12N2O2.ClH/c1-6-7(9(11)12)4-3-5-8(6)10(13)14-2;/h3-5H,1-2H3,(H3,11,12);1H. The van der Waals surface area contributed by atoms with Crippen LogP contribution in [0.4, 0.5) is 0 Å². The molecule has 0 saturated carbocycles. The van der Waals surface area contributed by atoms with Crippen molar-refractivity contribution in [3.05, 3.63) is 34.9 Å². The molecule has 1 aromatic carbocycles. The monoisotopic (exact) mass is 228 g/mol. The van der Waals surface area contributed by atoms with Crippen molar-refractivity contribution >= 4 is 24.2 Å². The van der Waals surface area contributed by atoms with Gasteiger partial charge in [0.25, 0.3) is 0 Å². The van der Waals surface area contributed by atoms with Crippen molar-refractivity contribution in [2.24, 2.45) is 5.73 Å². The second-order valence-electron chi connectivity index (χ2n) is 2.88. The number of hydrogen-bond donors (Lipinski definition) is 2. The van der Waals surface area contributed by atoms with E-state index in [9.17, 15) is 4.79 Å². The minimum atomic E-state index is -0.411. The van der Waals surface area contributed by atoms with E-state index in [1.165, 1.54) is 7.11 Å². The Labute approximate surface area is 94.3 Å². The largest absolute Gasteiger partial charge is 0.465 e. The van der Waals surface area contributed by atoms with Crippen LogP contribution < -0.4 is 5.73 Å². The summed E-state index contributed by atoms with van der Waals surface area (Å²) in [6.45, 7) is 1.74. The van der Waals surface area contributed by atoms with Gasteiger partial charge in [0.2, 0.25) is 0 Å². The van der Waals surface area contributed by atoms with E-state index in [4.69, 9.17) is 11.1 Å². The predicted molar refractivity (Wildman–Crippen MR) is 60.8 cm³/mol. The van der Waals surface area contributed by atoms with Crippen LogP contribution in [0.1, 0.15) is 21.5 Å². The molecule has 0 saturated heterocycles. The molecule has 1 aromatic rings. The Hall–Kier alpha value is -1.55. The van der Waals surface area contributed by atoms with Crippen LogP contribution in [0.5, 0.6) is 0 Å². The van der Waals surface area contributed by atoms with E-state index in [1.54, 1.807) is 25.1 Å². The first-order valence-electron chi connectivity index (χ1n) is 4.10. The molecule has 0 radical (unpaired) electrons. The van der Waals surface area contributed by atoms with E-state index in [0.717, 1.165) is 0 Å². The normalized spacial score (nSPS) is 8.93. The Morgan fingerprint density at radius 2 is 1.93 bits per heavy atom. The van der Waals surface area contributed by atoms with E-state index in [1.807, 2.05) is 0 Å². The zero-order valence-corrected chi connectivity index (χ0v) is 9.35. The summed E-state index contributed by atoms with van der Waals surface area (Å²) in [7, 11) is 1.32. The molecular formula is C10H13ClN2O2. The van der Waals surface area contributed by atoms with Gasteiger partial charge in [-0.3, -0.25) is 5.41 Å². The first-order valence-corrected chi connectivity index (χ1v) is 4.10. The lowest BCUT2D eigenvalue weighted by molar-refractivity contribution is 0.0600. The maximum Gasteiger partial charge on any atom is 0.338 e. The van der Waals surface area contributed by atoms with Gasteiger partial charge in [0, 0.05) is 5.56 Å². The summed E-state index contributed by atoms with van der Waals surface area (Å²) < 4.78 is 4.60. The maximum absolute atomic E-state index is 11.3. The number of esters is 1. The SMILES string of the molecule is COC(=O)c1cccc(C(=N)N)c1C.Cl. The number of carbonyl (C=O) groups excluding carboxylic acids is 1. The lowest BCUT2D eigenvalue weighted by atomic mass is 10.0. The van der Waals surface area contributed by atoms with Gasteiger partial charge in [-0.15, -0.1) is 12.4 Å². The van der Waals surface area contributed by atoms with Gasteiger partial charge in [0.15, 0.2) is 0 Å². The van der Waals surface area contributed by atoms with Crippen LogP contribution in [-0.4, -0.2) is 18.9 Å². The molecule has 0 spiro atoms. The van der Waals surface area contributed by atoms with E-state index in [2.05, 4.69) is 4.74 Å². The number of halogens is 1. The van der Waals surface area contributed by atoms with Crippen molar-refractivity contribution < 1.29 is 9.53 Å². The highest BCUT2D eigenvalue weighted by atomic mass is 35.5. The topological polar surface area (TPSA) is 76.2 Å². The van der Waals surface area contributed by atoms with Crippen LogP contribution in [0.25, 0.3) is 0 Å². The minimum Gasteiger partial charge on any atom is -0.465 e. The van der Waals surface area contributed by atoms with Crippen molar-refractivity contribution in [1.29, 1.82) is 5.41 Å². The van der Waals surface area contributed by atoms with Gasteiger partial charge in [0.1, 0.15) is 5.84 Å². The third-order valence-corrected chi connectivity index (χ3v) is 2.03. The zero-order chi connectivity index (χ0) is 10.7. The molecule has 0 aliphatic carbocycles. The number of carbonyl (C=O) groups is 1. The quantitative estimate of drug-likeness (QED) is 0.457. The molecular weight excluding hydrogens is 216 g/mol. The smallest absolute Gasteiger partial charge is 0.338 e. The maximum atomic E-state index is 11.3. The van der Waals surface area contributed by atoms with Gasteiger partial charge >= 0.3 is 5.97 Å². The summed E-state index contributed by atoms with van der Waals surface area (Å²) in [5.74, 6) is -0.459. The summed E-state index contributed by atoms with van der Waals surface area (Å²) in [4.78, 5) is 11.3. The van der Waals surface area contributed by atoms with E-state index in [0.29, 0.717) is 16.7 Å². The first kappa shape index (κ1) is 13.4. The number of nitrogen functional groups attached to an aromatic ring is 1. The molecule has 5 heteroatoms. The van der Waals surface area contributed by atoms with E-state index in [-0.39, 0.29) is 18.2 Å². The molecule has 0 unspecified atom stereocenters.